The molecule has 0 fully saturated rings. The van der Waals surface area contributed by atoms with Crippen LogP contribution in [0.25, 0.3) is 0 Å². The molecule has 0 aliphatic heterocycles. The van der Waals surface area contributed by atoms with Gasteiger partial charge >= 0.3 is 17.9 Å². The maximum atomic E-state index is 12.8. The number of ether oxygens (including phenoxy) is 3. The van der Waals surface area contributed by atoms with E-state index >= 15 is 0 Å². The van der Waals surface area contributed by atoms with Crippen LogP contribution in [0.2, 0.25) is 0 Å². The number of carbonyl (C=O) groups excluding carboxylic acids is 3. The van der Waals surface area contributed by atoms with Crippen LogP contribution in [0.1, 0.15) is 303 Å². The average molecular weight is 940 g/mol. The molecule has 0 heterocycles. The monoisotopic (exact) mass is 939 g/mol. The predicted molar refractivity (Wildman–Crippen MR) is 289 cm³/mol. The second-order valence-corrected chi connectivity index (χ2v) is 19.6. The van der Waals surface area contributed by atoms with Gasteiger partial charge in [0.05, 0.1) is 0 Å². The first kappa shape index (κ1) is 64.4. The molecule has 0 aliphatic rings. The lowest BCUT2D eigenvalue weighted by Gasteiger charge is -2.18. The molecule has 1 unspecified atom stereocenters. The minimum absolute atomic E-state index is 0.0761. The summed E-state index contributed by atoms with van der Waals surface area (Å²) in [5, 5.41) is 0. The molecule has 6 nitrogen and oxygen atoms in total. The molecular weight excluding hydrogens is 829 g/mol. The van der Waals surface area contributed by atoms with Crippen molar-refractivity contribution in [1.29, 1.82) is 0 Å². The fourth-order valence-electron chi connectivity index (χ4n) is 8.37. The van der Waals surface area contributed by atoms with E-state index in [0.717, 1.165) is 89.9 Å². The molecule has 0 N–H and O–H groups in total. The Hall–Kier alpha value is -2.63. The van der Waals surface area contributed by atoms with Gasteiger partial charge in [-0.25, -0.2) is 0 Å². The Morgan fingerprint density at radius 2 is 0.552 bits per heavy atom. The molecule has 1 atom stereocenters. The van der Waals surface area contributed by atoms with E-state index in [0.29, 0.717) is 19.3 Å². The van der Waals surface area contributed by atoms with Gasteiger partial charge in [-0.1, -0.05) is 256 Å². The van der Waals surface area contributed by atoms with E-state index in [1.165, 1.54) is 173 Å². The highest BCUT2D eigenvalue weighted by atomic mass is 16.6. The number of hydrogen-bond acceptors (Lipinski definition) is 6. The molecule has 0 rings (SSSR count). The van der Waals surface area contributed by atoms with Crippen molar-refractivity contribution < 1.29 is 28.6 Å². The Morgan fingerprint density at radius 1 is 0.299 bits per heavy atom. The van der Waals surface area contributed by atoms with Crippen molar-refractivity contribution in [3.63, 3.8) is 0 Å². The third kappa shape index (κ3) is 54.2. The molecule has 6 heteroatoms. The van der Waals surface area contributed by atoms with Crippen molar-refractivity contribution in [3.05, 3.63) is 48.6 Å². The van der Waals surface area contributed by atoms with E-state index < -0.39 is 6.10 Å². The first-order valence-electron chi connectivity index (χ1n) is 29.1. The lowest BCUT2D eigenvalue weighted by Crippen LogP contribution is -2.30. The van der Waals surface area contributed by atoms with Gasteiger partial charge in [0.2, 0.25) is 0 Å². The molecular formula is C61H110O6. The van der Waals surface area contributed by atoms with Crippen LogP contribution < -0.4 is 0 Å². The molecule has 390 valence electrons. The molecule has 0 spiro atoms. The molecule has 0 aromatic heterocycles. The Morgan fingerprint density at radius 3 is 0.866 bits per heavy atom. The molecule has 0 saturated heterocycles. The van der Waals surface area contributed by atoms with Crippen LogP contribution in [-0.2, 0) is 28.6 Å². The van der Waals surface area contributed by atoms with Gasteiger partial charge in [0.15, 0.2) is 6.10 Å². The highest BCUT2D eigenvalue weighted by Crippen LogP contribution is 2.16. The van der Waals surface area contributed by atoms with Gasteiger partial charge in [0, 0.05) is 19.3 Å². The van der Waals surface area contributed by atoms with Gasteiger partial charge in [0.25, 0.3) is 0 Å². The van der Waals surface area contributed by atoms with Crippen LogP contribution in [0.15, 0.2) is 48.6 Å². The zero-order valence-corrected chi connectivity index (χ0v) is 44.7. The maximum absolute atomic E-state index is 12.8. The van der Waals surface area contributed by atoms with Crippen molar-refractivity contribution in [1.82, 2.24) is 0 Å². The van der Waals surface area contributed by atoms with Crippen molar-refractivity contribution in [2.24, 2.45) is 0 Å². The van der Waals surface area contributed by atoms with Crippen LogP contribution in [0.5, 0.6) is 0 Å². The second-order valence-electron chi connectivity index (χ2n) is 19.6. The van der Waals surface area contributed by atoms with Gasteiger partial charge in [-0.3, -0.25) is 14.4 Å². The number of esters is 3. The molecule has 67 heavy (non-hydrogen) atoms. The summed E-state index contributed by atoms with van der Waals surface area (Å²) in [7, 11) is 0. The van der Waals surface area contributed by atoms with Crippen molar-refractivity contribution in [2.75, 3.05) is 13.2 Å². The van der Waals surface area contributed by atoms with E-state index in [9.17, 15) is 14.4 Å². The number of rotatable bonds is 53. The Kier molecular flexibility index (Phi) is 53.8. The standard InChI is InChI=1S/C61H110O6/c1-4-7-10-13-16-19-21-23-25-26-27-28-29-30-31-32-33-34-35-36-37-39-40-42-45-48-51-54-60(63)66-57-58(56-65-59(62)53-50-47-44-18-15-12-9-6-3)67-61(64)55-52-49-46-43-41-38-24-22-20-17-14-11-8-5-2/h14,17,21-24,26-27,58H,4-13,15-16,18-20,25,28-57H2,1-3H3/b17-14-,23-21-,24-22-,27-26-. The van der Waals surface area contributed by atoms with Crippen LogP contribution >= 0.6 is 0 Å². The predicted octanol–water partition coefficient (Wildman–Crippen LogP) is 19.4. The van der Waals surface area contributed by atoms with Crippen molar-refractivity contribution >= 4 is 17.9 Å². The zero-order chi connectivity index (χ0) is 48.6. The van der Waals surface area contributed by atoms with Crippen molar-refractivity contribution in [3.8, 4) is 0 Å². The summed E-state index contributed by atoms with van der Waals surface area (Å²) in [6.07, 6.45) is 68.4. The number of hydrogen-bond donors (Lipinski definition) is 0. The smallest absolute Gasteiger partial charge is 0.306 e. The highest BCUT2D eigenvalue weighted by Gasteiger charge is 2.19. The SMILES string of the molecule is CCCC/C=C\C/C=C\CCCCCCCC(=O)OC(COC(=O)CCCCCCCCCC)COC(=O)CCCCCCCCCCCCCCCCC/C=C\C/C=C\CCCCCCC. The van der Waals surface area contributed by atoms with Crippen LogP contribution in [0, 0.1) is 0 Å². The Labute approximate surface area is 416 Å². The van der Waals surface area contributed by atoms with Crippen LogP contribution in [0.3, 0.4) is 0 Å². The molecule has 0 bridgehead atoms. The van der Waals surface area contributed by atoms with Gasteiger partial charge in [-0.2, -0.15) is 0 Å². The average Bonchev–Trinajstić information content (AvgIpc) is 3.33. The third-order valence-electron chi connectivity index (χ3n) is 12.8. The third-order valence-corrected chi connectivity index (χ3v) is 12.8. The number of allylic oxidation sites excluding steroid dienone is 8. The summed E-state index contributed by atoms with van der Waals surface area (Å²) < 4.78 is 16.8. The minimum Gasteiger partial charge on any atom is -0.462 e. The Bertz CT molecular complexity index is 1170. The van der Waals surface area contributed by atoms with Crippen LogP contribution in [0.4, 0.5) is 0 Å². The molecule has 0 aliphatic carbocycles. The largest absolute Gasteiger partial charge is 0.462 e. The molecule has 0 saturated carbocycles. The lowest BCUT2D eigenvalue weighted by molar-refractivity contribution is -0.167. The minimum atomic E-state index is -0.776. The fourth-order valence-corrected chi connectivity index (χ4v) is 8.37. The van der Waals surface area contributed by atoms with E-state index in [1.54, 1.807) is 0 Å². The fraction of sp³-hybridized carbons (Fsp3) is 0.820. The Balaban J connectivity index is 4.11. The van der Waals surface area contributed by atoms with Gasteiger partial charge < -0.3 is 14.2 Å². The summed E-state index contributed by atoms with van der Waals surface area (Å²) in [5.41, 5.74) is 0. The van der Waals surface area contributed by atoms with Gasteiger partial charge in [-0.05, 0) is 77.0 Å². The normalized spacial score (nSPS) is 12.3. The second kappa shape index (κ2) is 56.0. The first-order valence-corrected chi connectivity index (χ1v) is 29.1. The van der Waals surface area contributed by atoms with Crippen LogP contribution in [-0.4, -0.2) is 37.2 Å². The van der Waals surface area contributed by atoms with E-state index in [-0.39, 0.29) is 31.1 Å². The first-order chi connectivity index (χ1) is 33.0. The van der Waals surface area contributed by atoms with E-state index in [2.05, 4.69) is 69.4 Å². The molecule has 0 aromatic carbocycles. The number of carbonyl (C=O) groups is 3. The van der Waals surface area contributed by atoms with E-state index in [4.69, 9.17) is 14.2 Å². The summed E-state index contributed by atoms with van der Waals surface area (Å²) in [4.78, 5) is 37.9. The quantitative estimate of drug-likeness (QED) is 0.0262. The van der Waals surface area contributed by atoms with E-state index in [1.807, 2.05) is 0 Å². The lowest BCUT2D eigenvalue weighted by atomic mass is 10.0. The molecule has 0 aromatic rings. The molecule has 0 radical (unpaired) electrons. The zero-order valence-electron chi connectivity index (χ0n) is 44.7. The van der Waals surface area contributed by atoms with Crippen molar-refractivity contribution in [2.45, 2.75) is 309 Å². The molecule has 0 amide bonds. The highest BCUT2D eigenvalue weighted by molar-refractivity contribution is 5.71. The summed E-state index contributed by atoms with van der Waals surface area (Å²) in [6.45, 7) is 6.57. The summed E-state index contributed by atoms with van der Waals surface area (Å²) in [6, 6.07) is 0. The maximum Gasteiger partial charge on any atom is 0.306 e. The summed E-state index contributed by atoms with van der Waals surface area (Å²) in [5.74, 6) is -0.883. The van der Waals surface area contributed by atoms with Gasteiger partial charge in [0.1, 0.15) is 13.2 Å². The topological polar surface area (TPSA) is 78.9 Å². The number of unbranched alkanes of at least 4 members (excludes halogenated alkanes) is 34. The summed E-state index contributed by atoms with van der Waals surface area (Å²) >= 11 is 0. The van der Waals surface area contributed by atoms with Gasteiger partial charge in [-0.15, -0.1) is 0 Å².